The molecule has 4 nitrogen and oxygen atoms in total. The number of allylic oxidation sites excluding steroid dienone is 1. The van der Waals surface area contributed by atoms with Crippen LogP contribution < -0.4 is 5.32 Å². The molecule has 1 aliphatic heterocycles. The van der Waals surface area contributed by atoms with Crippen LogP contribution in [0.3, 0.4) is 0 Å². The summed E-state index contributed by atoms with van der Waals surface area (Å²) in [6.45, 7) is 17.5. The molecular formula is C27H38N2O2. The quantitative estimate of drug-likeness (QED) is 0.682. The van der Waals surface area contributed by atoms with Crippen LogP contribution in [0.25, 0.3) is 0 Å². The summed E-state index contributed by atoms with van der Waals surface area (Å²) in [6, 6.07) is 7.22. The van der Waals surface area contributed by atoms with Crippen LogP contribution in [0, 0.1) is 17.8 Å². The fourth-order valence-corrected chi connectivity index (χ4v) is 5.27. The molecule has 4 heteroatoms. The molecule has 2 aliphatic rings. The normalized spacial score (nSPS) is 19.5. The minimum atomic E-state index is -0.657. The minimum absolute atomic E-state index is 0.0216. The maximum absolute atomic E-state index is 13.7. The number of nitrogens with one attached hydrogen (secondary N) is 1. The van der Waals surface area contributed by atoms with Crippen LogP contribution in [0.5, 0.6) is 0 Å². The van der Waals surface area contributed by atoms with Gasteiger partial charge in [-0.15, -0.1) is 0 Å². The van der Waals surface area contributed by atoms with Gasteiger partial charge < -0.3 is 10.2 Å². The van der Waals surface area contributed by atoms with Crippen LogP contribution in [0.1, 0.15) is 78.5 Å². The van der Waals surface area contributed by atoms with Gasteiger partial charge in [0.25, 0.3) is 0 Å². The Morgan fingerprint density at radius 1 is 1.16 bits per heavy atom. The first-order chi connectivity index (χ1) is 14.2. The average Bonchev–Trinajstić information content (AvgIpc) is 2.89. The number of hydrogen-bond donors (Lipinski definition) is 1. The van der Waals surface area contributed by atoms with Gasteiger partial charge in [0.2, 0.25) is 11.8 Å². The molecule has 168 valence electrons. The standard InChI is InChI=1S/C27H38N2O2/c1-18-11-9-10-12-20(18)23(24(31)28-27(7,8)17-25(2,3)4)29-16-19-13-14-26(5,6)21(19)15-22(29)30/h9-13,15,23H,14,16-17H2,1-8H3,(H,28,31). The molecule has 0 radical (unpaired) electrons. The average molecular weight is 423 g/mol. The van der Waals surface area contributed by atoms with Crippen molar-refractivity contribution in [3.05, 3.63) is 58.7 Å². The fraction of sp³-hybridized carbons (Fsp3) is 0.556. The maximum atomic E-state index is 13.7. The molecule has 0 fully saturated rings. The van der Waals surface area contributed by atoms with Crippen LogP contribution in [0.4, 0.5) is 0 Å². The molecule has 1 aromatic carbocycles. The van der Waals surface area contributed by atoms with E-state index in [2.05, 4.69) is 59.9 Å². The number of carbonyl (C=O) groups excluding carboxylic acids is 2. The highest BCUT2D eigenvalue weighted by Gasteiger charge is 2.41. The zero-order valence-corrected chi connectivity index (χ0v) is 20.4. The van der Waals surface area contributed by atoms with Gasteiger partial charge in [-0.3, -0.25) is 9.59 Å². The Morgan fingerprint density at radius 3 is 2.42 bits per heavy atom. The van der Waals surface area contributed by atoms with Crippen molar-refractivity contribution in [2.45, 2.75) is 79.8 Å². The summed E-state index contributed by atoms with van der Waals surface area (Å²) in [5.41, 5.74) is 3.86. The number of amides is 2. The van der Waals surface area contributed by atoms with Crippen molar-refractivity contribution >= 4 is 11.8 Å². The molecule has 1 unspecified atom stereocenters. The van der Waals surface area contributed by atoms with Gasteiger partial charge in [-0.25, -0.2) is 0 Å². The van der Waals surface area contributed by atoms with E-state index >= 15 is 0 Å². The summed E-state index contributed by atoms with van der Waals surface area (Å²) >= 11 is 0. The first-order valence-corrected chi connectivity index (χ1v) is 11.3. The van der Waals surface area contributed by atoms with Gasteiger partial charge in [0.05, 0.1) is 0 Å². The molecule has 1 atom stereocenters. The minimum Gasteiger partial charge on any atom is -0.349 e. The molecule has 3 rings (SSSR count). The first-order valence-electron chi connectivity index (χ1n) is 11.3. The van der Waals surface area contributed by atoms with Gasteiger partial charge in [-0.2, -0.15) is 0 Å². The molecule has 0 bridgehead atoms. The third kappa shape index (κ3) is 5.11. The topological polar surface area (TPSA) is 49.4 Å². The van der Waals surface area contributed by atoms with Gasteiger partial charge in [-0.1, -0.05) is 65.0 Å². The number of benzene rings is 1. The van der Waals surface area contributed by atoms with Crippen molar-refractivity contribution in [1.82, 2.24) is 10.2 Å². The van der Waals surface area contributed by atoms with Crippen molar-refractivity contribution in [2.75, 3.05) is 6.54 Å². The van der Waals surface area contributed by atoms with Crippen LogP contribution in [-0.2, 0) is 9.59 Å². The van der Waals surface area contributed by atoms with Gasteiger partial charge in [0.15, 0.2) is 0 Å². The van der Waals surface area contributed by atoms with Gasteiger partial charge >= 0.3 is 0 Å². The third-order valence-electron chi connectivity index (χ3n) is 6.30. The molecule has 0 saturated heterocycles. The maximum Gasteiger partial charge on any atom is 0.248 e. The molecule has 0 saturated carbocycles. The second kappa shape index (κ2) is 7.96. The third-order valence-corrected chi connectivity index (χ3v) is 6.30. The fourth-order valence-electron chi connectivity index (χ4n) is 5.27. The Morgan fingerprint density at radius 2 is 1.81 bits per heavy atom. The van der Waals surface area contributed by atoms with Crippen LogP contribution in [0.15, 0.2) is 47.6 Å². The lowest BCUT2D eigenvalue weighted by Crippen LogP contribution is -2.52. The molecule has 0 spiro atoms. The summed E-state index contributed by atoms with van der Waals surface area (Å²) in [5.74, 6) is -0.203. The molecule has 1 aliphatic carbocycles. The largest absolute Gasteiger partial charge is 0.349 e. The second-order valence-corrected chi connectivity index (χ2v) is 11.7. The summed E-state index contributed by atoms with van der Waals surface area (Å²) in [5, 5.41) is 3.26. The number of aryl methyl sites for hydroxylation is 1. The Bertz CT molecular complexity index is 944. The van der Waals surface area contributed by atoms with E-state index < -0.39 is 6.04 Å². The van der Waals surface area contributed by atoms with Crippen molar-refractivity contribution in [2.24, 2.45) is 10.8 Å². The zero-order valence-electron chi connectivity index (χ0n) is 20.4. The Labute approximate surface area is 187 Å². The Balaban J connectivity index is 1.98. The first kappa shape index (κ1) is 23.3. The molecule has 0 aromatic heterocycles. The van der Waals surface area contributed by atoms with Gasteiger partial charge in [0.1, 0.15) is 6.04 Å². The van der Waals surface area contributed by atoms with Crippen LogP contribution in [-0.4, -0.2) is 28.8 Å². The lowest BCUT2D eigenvalue weighted by Gasteiger charge is -2.39. The summed E-state index contributed by atoms with van der Waals surface area (Å²) < 4.78 is 0. The smallest absolute Gasteiger partial charge is 0.248 e. The van der Waals surface area contributed by atoms with E-state index in [1.54, 1.807) is 11.0 Å². The van der Waals surface area contributed by atoms with Crippen molar-refractivity contribution in [1.29, 1.82) is 0 Å². The highest BCUT2D eigenvalue weighted by atomic mass is 16.2. The van der Waals surface area contributed by atoms with Crippen molar-refractivity contribution < 1.29 is 9.59 Å². The Hall–Kier alpha value is -2.36. The highest BCUT2D eigenvalue weighted by Crippen LogP contribution is 2.45. The SMILES string of the molecule is Cc1ccccc1C(C(=O)NC(C)(C)CC(C)(C)C)N1CC2=CCC(C)(C)C2=CC1=O. The number of carbonyl (C=O) groups is 2. The predicted octanol–water partition coefficient (Wildman–Crippen LogP) is 5.49. The number of hydrogen-bond acceptors (Lipinski definition) is 2. The summed E-state index contributed by atoms with van der Waals surface area (Å²) in [6.07, 6.45) is 5.74. The van der Waals surface area contributed by atoms with Gasteiger partial charge in [0, 0.05) is 18.2 Å². The number of rotatable bonds is 5. The lowest BCUT2D eigenvalue weighted by molar-refractivity contribution is -0.138. The molecule has 1 aromatic rings. The van der Waals surface area contributed by atoms with Gasteiger partial charge in [-0.05, 0) is 66.7 Å². The summed E-state index contributed by atoms with van der Waals surface area (Å²) in [4.78, 5) is 28.7. The monoisotopic (exact) mass is 422 g/mol. The number of fused-ring (bicyclic) bond motifs is 1. The van der Waals surface area contributed by atoms with Crippen LogP contribution >= 0.6 is 0 Å². The van der Waals surface area contributed by atoms with E-state index in [0.717, 1.165) is 29.5 Å². The molecule has 1 N–H and O–H groups in total. The van der Waals surface area contributed by atoms with E-state index in [1.165, 1.54) is 5.57 Å². The predicted molar refractivity (Wildman–Crippen MR) is 126 cm³/mol. The van der Waals surface area contributed by atoms with Crippen molar-refractivity contribution in [3.63, 3.8) is 0 Å². The molecular weight excluding hydrogens is 384 g/mol. The van der Waals surface area contributed by atoms with Crippen LogP contribution in [0.2, 0.25) is 0 Å². The lowest BCUT2D eigenvalue weighted by atomic mass is 9.81. The molecule has 31 heavy (non-hydrogen) atoms. The Kier molecular flexibility index (Phi) is 5.98. The number of nitrogens with zero attached hydrogens (tertiary/aromatic N) is 1. The van der Waals surface area contributed by atoms with E-state index in [4.69, 9.17) is 0 Å². The van der Waals surface area contributed by atoms with E-state index in [9.17, 15) is 9.59 Å². The molecule has 1 heterocycles. The second-order valence-electron chi connectivity index (χ2n) is 11.7. The summed E-state index contributed by atoms with van der Waals surface area (Å²) in [7, 11) is 0. The van der Waals surface area contributed by atoms with E-state index in [1.807, 2.05) is 31.2 Å². The molecule has 2 amide bonds. The van der Waals surface area contributed by atoms with E-state index in [0.29, 0.717) is 6.54 Å². The highest BCUT2D eigenvalue weighted by molar-refractivity contribution is 5.96. The zero-order chi connectivity index (χ0) is 23.2. The van der Waals surface area contributed by atoms with Crippen molar-refractivity contribution in [3.8, 4) is 0 Å². The van der Waals surface area contributed by atoms with E-state index in [-0.39, 0.29) is 28.2 Å².